The van der Waals surface area contributed by atoms with Gasteiger partial charge in [0, 0.05) is 44.2 Å². The molecule has 2 aromatic heterocycles. The Balaban J connectivity index is 1.44. The zero-order valence-electron chi connectivity index (χ0n) is 22.4. The Morgan fingerprint density at radius 3 is 2.71 bits per heavy atom. The summed E-state index contributed by atoms with van der Waals surface area (Å²) in [5.41, 5.74) is 2.22. The highest BCUT2D eigenvalue weighted by atomic mass is 35.5. The van der Waals surface area contributed by atoms with Crippen molar-refractivity contribution in [3.05, 3.63) is 65.3 Å². The largest absolute Gasteiger partial charge is 0.491 e. The molecular weight excluding hydrogens is 555 g/mol. The number of carbonyl (C=O) groups is 2. The Hall–Kier alpha value is -4.91. The van der Waals surface area contributed by atoms with E-state index in [2.05, 4.69) is 31.0 Å². The lowest BCUT2D eigenvalue weighted by atomic mass is 10.0. The third-order valence-electron chi connectivity index (χ3n) is 6.27. The van der Waals surface area contributed by atoms with Gasteiger partial charge >= 0.3 is 6.09 Å². The van der Waals surface area contributed by atoms with Crippen LogP contribution in [-0.2, 0) is 11.8 Å². The van der Waals surface area contributed by atoms with E-state index in [0.717, 1.165) is 0 Å². The average molecular weight is 581 g/mol. The van der Waals surface area contributed by atoms with E-state index < -0.39 is 17.8 Å². The van der Waals surface area contributed by atoms with E-state index in [0.29, 0.717) is 47.8 Å². The van der Waals surface area contributed by atoms with Gasteiger partial charge in [-0.05, 0) is 36.2 Å². The predicted octanol–water partition coefficient (Wildman–Crippen LogP) is 4.87. The van der Waals surface area contributed by atoms with Crippen molar-refractivity contribution in [1.29, 1.82) is 0 Å². The molecule has 12 nitrogen and oxygen atoms in total. The van der Waals surface area contributed by atoms with Crippen molar-refractivity contribution in [2.45, 2.75) is 6.42 Å². The highest BCUT2D eigenvalue weighted by molar-refractivity contribution is 6.33. The molecule has 4 aromatic rings. The van der Waals surface area contributed by atoms with Crippen LogP contribution in [0.25, 0.3) is 11.1 Å². The quantitative estimate of drug-likeness (QED) is 0.292. The number of benzene rings is 2. The van der Waals surface area contributed by atoms with Crippen molar-refractivity contribution < 1.29 is 23.5 Å². The van der Waals surface area contributed by atoms with Crippen molar-refractivity contribution in [3.63, 3.8) is 0 Å². The van der Waals surface area contributed by atoms with Crippen LogP contribution < -0.4 is 25.6 Å². The Morgan fingerprint density at radius 1 is 1.15 bits per heavy atom. The molecule has 2 aromatic carbocycles. The Morgan fingerprint density at radius 2 is 1.98 bits per heavy atom. The Labute approximate surface area is 239 Å². The van der Waals surface area contributed by atoms with Crippen molar-refractivity contribution in [3.8, 4) is 16.9 Å². The molecular formula is C27H26ClFN8O4. The maximum absolute atomic E-state index is 15.4. The summed E-state index contributed by atoms with van der Waals surface area (Å²) < 4.78 is 27.8. The smallest absolute Gasteiger partial charge is 0.414 e. The van der Waals surface area contributed by atoms with E-state index in [4.69, 9.17) is 21.1 Å². The SMILES string of the molecule is CNC(=O)c1cc(-c2cnn(C)c2)cc(F)c1Nc1nc(Nc2ccc3c(c2)OCCCN3C(=O)OC)ncc1Cl. The van der Waals surface area contributed by atoms with Crippen molar-refractivity contribution >= 4 is 52.4 Å². The third-order valence-corrected chi connectivity index (χ3v) is 6.55. The van der Waals surface area contributed by atoms with Gasteiger partial charge in [-0.25, -0.2) is 14.2 Å². The second-order valence-electron chi connectivity index (χ2n) is 9.01. The van der Waals surface area contributed by atoms with Gasteiger partial charge in [-0.3, -0.25) is 14.4 Å². The first-order valence-electron chi connectivity index (χ1n) is 12.5. The van der Waals surface area contributed by atoms with Crippen LogP contribution in [-0.4, -0.2) is 59.1 Å². The molecule has 0 atom stereocenters. The summed E-state index contributed by atoms with van der Waals surface area (Å²) in [6.07, 6.45) is 4.80. The lowest BCUT2D eigenvalue weighted by Crippen LogP contribution is -2.31. The topological polar surface area (TPSA) is 136 Å². The second-order valence-corrected chi connectivity index (χ2v) is 9.42. The number of aryl methyl sites for hydroxylation is 1. The van der Waals surface area contributed by atoms with Crippen molar-refractivity contribution in [2.24, 2.45) is 7.05 Å². The first-order valence-corrected chi connectivity index (χ1v) is 12.9. The second kappa shape index (κ2) is 11.7. The number of anilines is 5. The molecule has 3 N–H and O–H groups in total. The number of hydrogen-bond acceptors (Lipinski definition) is 9. The molecule has 5 rings (SSSR count). The lowest BCUT2D eigenvalue weighted by molar-refractivity contribution is 0.0963. The molecule has 14 heteroatoms. The molecule has 0 spiro atoms. The zero-order chi connectivity index (χ0) is 29.1. The zero-order valence-corrected chi connectivity index (χ0v) is 23.1. The minimum atomic E-state index is -0.688. The van der Waals surface area contributed by atoms with Crippen LogP contribution in [0.5, 0.6) is 5.75 Å². The number of aromatic nitrogens is 4. The summed E-state index contributed by atoms with van der Waals surface area (Å²) in [6.45, 7) is 0.883. The van der Waals surface area contributed by atoms with Crippen LogP contribution in [0.2, 0.25) is 5.02 Å². The maximum Gasteiger partial charge on any atom is 0.414 e. The number of rotatable bonds is 6. The summed E-state index contributed by atoms with van der Waals surface area (Å²) in [5.74, 6) is -0.496. The molecule has 1 aliphatic heterocycles. The van der Waals surface area contributed by atoms with Gasteiger partial charge in [0.05, 0.1) is 43.0 Å². The standard InChI is InChI=1S/C27H26ClFN8O4/c1-30-25(38)18-9-15(16-12-32-36(2)14-16)10-20(29)23(18)34-24-19(28)13-31-26(35-24)33-17-5-6-21-22(11-17)41-8-4-7-37(21)27(39)40-3/h5-6,9-14H,4,7-8H2,1-3H3,(H,30,38)(H2,31,33,34,35). The van der Waals surface area contributed by atoms with Crippen LogP contribution in [0.3, 0.4) is 0 Å². The summed E-state index contributed by atoms with van der Waals surface area (Å²) >= 11 is 6.35. The number of carbonyl (C=O) groups excluding carboxylic acids is 2. The molecule has 0 aliphatic carbocycles. The fraction of sp³-hybridized carbons (Fsp3) is 0.222. The average Bonchev–Trinajstić information content (AvgIpc) is 3.30. The summed E-state index contributed by atoms with van der Waals surface area (Å²) in [4.78, 5) is 35.1. The van der Waals surface area contributed by atoms with Gasteiger partial charge in [0.15, 0.2) is 5.82 Å². The number of nitrogens with zero attached hydrogens (tertiary/aromatic N) is 5. The minimum absolute atomic E-state index is 0.0496. The van der Waals surface area contributed by atoms with E-state index in [9.17, 15) is 9.59 Å². The van der Waals surface area contributed by atoms with Gasteiger partial charge in [-0.1, -0.05) is 11.6 Å². The number of hydrogen-bond donors (Lipinski definition) is 3. The van der Waals surface area contributed by atoms with Gasteiger partial charge in [0.1, 0.15) is 16.6 Å². The fourth-order valence-corrected chi connectivity index (χ4v) is 4.44. The molecule has 2 amide bonds. The van der Waals surface area contributed by atoms with Crippen LogP contribution in [0.15, 0.2) is 48.9 Å². The predicted molar refractivity (Wildman–Crippen MR) is 152 cm³/mol. The normalized spacial score (nSPS) is 12.6. The summed E-state index contributed by atoms with van der Waals surface area (Å²) in [5, 5.41) is 12.7. The first kappa shape index (κ1) is 27.6. The van der Waals surface area contributed by atoms with E-state index >= 15 is 4.39 Å². The van der Waals surface area contributed by atoms with Gasteiger partial charge < -0.3 is 25.4 Å². The highest BCUT2D eigenvalue weighted by Gasteiger charge is 2.24. The van der Waals surface area contributed by atoms with E-state index in [1.807, 2.05) is 0 Å². The molecule has 1 aliphatic rings. The molecule has 0 saturated carbocycles. The monoisotopic (exact) mass is 580 g/mol. The first-order chi connectivity index (χ1) is 19.8. The number of ether oxygens (including phenoxy) is 2. The van der Waals surface area contributed by atoms with Gasteiger partial charge in [0.25, 0.3) is 5.91 Å². The Kier molecular flexibility index (Phi) is 7.88. The van der Waals surface area contributed by atoms with Gasteiger partial charge in [-0.15, -0.1) is 0 Å². The molecule has 0 saturated heterocycles. The Bertz CT molecular complexity index is 1630. The molecule has 0 unspecified atom stereocenters. The van der Waals surface area contributed by atoms with E-state index in [-0.39, 0.29) is 28.0 Å². The van der Waals surface area contributed by atoms with E-state index in [1.165, 1.54) is 31.3 Å². The van der Waals surface area contributed by atoms with Crippen LogP contribution >= 0.6 is 11.6 Å². The molecule has 0 fully saturated rings. The van der Waals surface area contributed by atoms with Crippen molar-refractivity contribution in [1.82, 2.24) is 25.1 Å². The van der Waals surface area contributed by atoms with Gasteiger partial charge in [0.2, 0.25) is 5.95 Å². The number of halogens is 2. The highest BCUT2D eigenvalue weighted by Crippen LogP contribution is 2.36. The van der Waals surface area contributed by atoms with E-state index in [1.54, 1.807) is 48.4 Å². The maximum atomic E-state index is 15.4. The fourth-order valence-electron chi connectivity index (χ4n) is 4.30. The molecule has 41 heavy (non-hydrogen) atoms. The number of methoxy groups -OCH3 is 1. The molecule has 0 radical (unpaired) electrons. The van der Waals surface area contributed by atoms with Crippen LogP contribution in [0.4, 0.5) is 38.0 Å². The number of nitrogens with one attached hydrogen (secondary N) is 3. The van der Waals surface area contributed by atoms with Gasteiger partial charge in [-0.2, -0.15) is 10.1 Å². The van der Waals surface area contributed by atoms with Crippen molar-refractivity contribution in [2.75, 3.05) is 42.8 Å². The number of fused-ring (bicyclic) bond motifs is 1. The molecule has 3 heterocycles. The molecule has 212 valence electrons. The van der Waals surface area contributed by atoms with Crippen LogP contribution in [0, 0.1) is 5.82 Å². The minimum Gasteiger partial charge on any atom is -0.491 e. The summed E-state index contributed by atoms with van der Waals surface area (Å²) in [6, 6.07) is 8.02. The summed E-state index contributed by atoms with van der Waals surface area (Å²) in [7, 11) is 4.52. The number of amides is 2. The lowest BCUT2D eigenvalue weighted by Gasteiger charge is -2.20. The van der Waals surface area contributed by atoms with Crippen LogP contribution in [0.1, 0.15) is 16.8 Å². The molecule has 0 bridgehead atoms. The third kappa shape index (κ3) is 5.84.